The van der Waals surface area contributed by atoms with E-state index >= 15 is 0 Å². The van der Waals surface area contributed by atoms with E-state index in [2.05, 4.69) is 4.83 Å². The van der Waals surface area contributed by atoms with E-state index in [1.165, 1.54) is 4.31 Å². The fourth-order valence-electron chi connectivity index (χ4n) is 2.55. The highest BCUT2D eigenvalue weighted by atomic mass is 32.2. The van der Waals surface area contributed by atoms with E-state index in [0.29, 0.717) is 12.8 Å². The van der Waals surface area contributed by atoms with Gasteiger partial charge in [-0.05, 0) is 25.7 Å². The topological polar surface area (TPSA) is 90.0 Å². The molecular formula is C11H21N3O4S. The monoisotopic (exact) mass is 291 g/mol. The molecule has 0 spiro atoms. The van der Waals surface area contributed by atoms with Gasteiger partial charge in [0, 0.05) is 26.2 Å². The molecule has 0 radical (unpaired) electrons. The van der Waals surface area contributed by atoms with E-state index in [1.54, 1.807) is 5.01 Å². The van der Waals surface area contributed by atoms with E-state index in [-0.39, 0.29) is 13.1 Å². The first-order valence-electron chi connectivity index (χ1n) is 6.74. The SMILES string of the molecule is O=C(O)C1CCN(S(=O)(=O)NN2CCCCC2)CC1. The number of nitrogens with zero attached hydrogens (tertiary/aromatic N) is 2. The molecule has 0 unspecified atom stereocenters. The lowest BCUT2D eigenvalue weighted by atomic mass is 9.99. The Morgan fingerprint density at radius 1 is 1.05 bits per heavy atom. The summed E-state index contributed by atoms with van der Waals surface area (Å²) in [6.07, 6.45) is 3.92. The quantitative estimate of drug-likeness (QED) is 0.762. The minimum absolute atomic E-state index is 0.278. The Bertz CT molecular complexity index is 412. The minimum atomic E-state index is -3.52. The maximum atomic E-state index is 12.2. The number of hydrazine groups is 1. The largest absolute Gasteiger partial charge is 0.481 e. The molecule has 2 aliphatic rings. The molecule has 110 valence electrons. The van der Waals surface area contributed by atoms with Gasteiger partial charge in [-0.1, -0.05) is 6.42 Å². The number of hydrogen-bond acceptors (Lipinski definition) is 4. The van der Waals surface area contributed by atoms with Gasteiger partial charge in [-0.2, -0.15) is 12.7 Å². The predicted molar refractivity (Wildman–Crippen MR) is 69.4 cm³/mol. The number of piperidine rings is 2. The van der Waals surface area contributed by atoms with Crippen molar-refractivity contribution in [3.05, 3.63) is 0 Å². The van der Waals surface area contributed by atoms with Crippen LogP contribution in [0.25, 0.3) is 0 Å². The molecule has 7 nitrogen and oxygen atoms in total. The lowest BCUT2D eigenvalue weighted by Crippen LogP contribution is -2.53. The van der Waals surface area contributed by atoms with E-state index in [0.717, 1.165) is 32.4 Å². The van der Waals surface area contributed by atoms with Crippen molar-refractivity contribution in [1.29, 1.82) is 0 Å². The molecule has 2 fully saturated rings. The van der Waals surface area contributed by atoms with Crippen molar-refractivity contribution in [2.45, 2.75) is 32.1 Å². The average molecular weight is 291 g/mol. The summed E-state index contributed by atoms with van der Waals surface area (Å²) in [6, 6.07) is 0. The number of hydrogen-bond donors (Lipinski definition) is 2. The predicted octanol–water partition coefficient (Wildman–Crippen LogP) is 0.0183. The molecule has 0 aromatic heterocycles. The summed E-state index contributed by atoms with van der Waals surface area (Å²) in [6.45, 7) is 2.04. The van der Waals surface area contributed by atoms with E-state index in [9.17, 15) is 13.2 Å². The number of nitrogens with one attached hydrogen (secondary N) is 1. The lowest BCUT2D eigenvalue weighted by Gasteiger charge is -2.33. The second kappa shape index (κ2) is 6.17. The molecule has 0 aliphatic carbocycles. The number of carbonyl (C=O) groups is 1. The van der Waals surface area contributed by atoms with Crippen molar-refractivity contribution in [3.8, 4) is 0 Å². The van der Waals surface area contributed by atoms with Crippen LogP contribution >= 0.6 is 0 Å². The number of carboxylic acid groups (broad SMARTS) is 1. The summed E-state index contributed by atoms with van der Waals surface area (Å²) >= 11 is 0. The van der Waals surface area contributed by atoms with E-state index < -0.39 is 22.1 Å². The number of carboxylic acids is 1. The molecule has 2 N–H and O–H groups in total. The van der Waals surface area contributed by atoms with Crippen molar-refractivity contribution in [2.24, 2.45) is 5.92 Å². The Balaban J connectivity index is 1.88. The average Bonchev–Trinajstić information content (AvgIpc) is 2.39. The zero-order chi connectivity index (χ0) is 13.9. The fraction of sp³-hybridized carbons (Fsp3) is 0.909. The van der Waals surface area contributed by atoms with Crippen molar-refractivity contribution in [2.75, 3.05) is 26.2 Å². The zero-order valence-electron chi connectivity index (χ0n) is 10.9. The summed E-state index contributed by atoms with van der Waals surface area (Å²) in [4.78, 5) is 13.4. The Morgan fingerprint density at radius 3 is 2.16 bits per heavy atom. The molecule has 0 aromatic carbocycles. The summed E-state index contributed by atoms with van der Waals surface area (Å²) in [5.74, 6) is -1.25. The Kier molecular flexibility index (Phi) is 4.77. The molecule has 2 saturated heterocycles. The van der Waals surface area contributed by atoms with Gasteiger partial charge >= 0.3 is 5.97 Å². The van der Waals surface area contributed by atoms with Crippen molar-refractivity contribution >= 4 is 16.2 Å². The van der Waals surface area contributed by atoms with Crippen LogP contribution in [0.3, 0.4) is 0 Å². The van der Waals surface area contributed by atoms with Crippen molar-refractivity contribution in [3.63, 3.8) is 0 Å². The van der Waals surface area contributed by atoms with Gasteiger partial charge in [-0.15, -0.1) is 4.83 Å². The van der Waals surface area contributed by atoms with Gasteiger partial charge in [0.2, 0.25) is 0 Å². The van der Waals surface area contributed by atoms with Gasteiger partial charge in [0.15, 0.2) is 0 Å². The molecule has 0 aromatic rings. The van der Waals surface area contributed by atoms with Crippen LogP contribution < -0.4 is 4.83 Å². The van der Waals surface area contributed by atoms with Gasteiger partial charge in [0.25, 0.3) is 10.2 Å². The molecule has 0 saturated carbocycles. The molecule has 8 heteroatoms. The third-order valence-corrected chi connectivity index (χ3v) is 5.28. The summed E-state index contributed by atoms with van der Waals surface area (Å²) in [7, 11) is -3.52. The molecular weight excluding hydrogens is 270 g/mol. The highest BCUT2D eigenvalue weighted by Gasteiger charge is 2.32. The molecule has 19 heavy (non-hydrogen) atoms. The van der Waals surface area contributed by atoms with Gasteiger partial charge in [0.05, 0.1) is 5.92 Å². The lowest BCUT2D eigenvalue weighted by molar-refractivity contribution is -0.142. The minimum Gasteiger partial charge on any atom is -0.481 e. The zero-order valence-corrected chi connectivity index (χ0v) is 11.7. The first-order valence-corrected chi connectivity index (χ1v) is 8.18. The first kappa shape index (κ1) is 14.7. The number of rotatable bonds is 4. The van der Waals surface area contributed by atoms with Crippen LogP contribution in [0.2, 0.25) is 0 Å². The summed E-state index contributed by atoms with van der Waals surface area (Å²) < 4.78 is 25.7. The molecule has 2 aliphatic heterocycles. The van der Waals surface area contributed by atoms with Crippen LogP contribution in [-0.2, 0) is 15.0 Å². The van der Waals surface area contributed by atoms with E-state index in [4.69, 9.17) is 5.11 Å². The fourth-order valence-corrected chi connectivity index (χ4v) is 3.87. The number of aliphatic carboxylic acids is 1. The normalized spacial score (nSPS) is 24.4. The molecule has 0 bridgehead atoms. The standard InChI is InChI=1S/C11H21N3O4S/c15-11(16)10-4-8-14(9-5-10)19(17,18)12-13-6-2-1-3-7-13/h10,12H,1-9H2,(H,15,16). The molecule has 0 amide bonds. The van der Waals surface area contributed by atoms with Crippen molar-refractivity contribution in [1.82, 2.24) is 14.1 Å². The Labute approximate surface area is 113 Å². The maximum Gasteiger partial charge on any atom is 0.306 e. The first-order chi connectivity index (χ1) is 8.99. The third kappa shape index (κ3) is 3.88. The van der Waals surface area contributed by atoms with Crippen LogP contribution in [0.15, 0.2) is 0 Å². The highest BCUT2D eigenvalue weighted by molar-refractivity contribution is 7.87. The Morgan fingerprint density at radius 2 is 1.63 bits per heavy atom. The second-order valence-corrected chi connectivity index (χ2v) is 6.80. The third-order valence-electron chi connectivity index (χ3n) is 3.74. The highest BCUT2D eigenvalue weighted by Crippen LogP contribution is 2.19. The van der Waals surface area contributed by atoms with Gasteiger partial charge in [0.1, 0.15) is 0 Å². The summed E-state index contributed by atoms with van der Waals surface area (Å²) in [5, 5.41) is 10.6. The van der Waals surface area contributed by atoms with Crippen LogP contribution in [0.1, 0.15) is 32.1 Å². The molecule has 0 atom stereocenters. The molecule has 2 rings (SSSR count). The summed E-state index contributed by atoms with van der Waals surface area (Å²) in [5.41, 5.74) is 0. The van der Waals surface area contributed by atoms with Gasteiger partial charge in [-0.3, -0.25) is 4.79 Å². The smallest absolute Gasteiger partial charge is 0.306 e. The van der Waals surface area contributed by atoms with Crippen LogP contribution in [0, 0.1) is 5.92 Å². The van der Waals surface area contributed by atoms with Crippen LogP contribution in [0.5, 0.6) is 0 Å². The van der Waals surface area contributed by atoms with Crippen LogP contribution in [0.4, 0.5) is 0 Å². The van der Waals surface area contributed by atoms with Crippen LogP contribution in [-0.4, -0.2) is 55.0 Å². The molecule has 2 heterocycles. The Hall–Kier alpha value is -0.700. The van der Waals surface area contributed by atoms with E-state index in [1.807, 2.05) is 0 Å². The van der Waals surface area contributed by atoms with Crippen molar-refractivity contribution < 1.29 is 18.3 Å². The second-order valence-electron chi connectivity index (χ2n) is 5.16. The maximum absolute atomic E-state index is 12.2. The van der Waals surface area contributed by atoms with Gasteiger partial charge < -0.3 is 5.11 Å². The van der Waals surface area contributed by atoms with Gasteiger partial charge in [-0.25, -0.2) is 5.01 Å².